The van der Waals surface area contributed by atoms with Gasteiger partial charge in [-0.2, -0.15) is 0 Å². The Hall–Kier alpha value is -0.880. The molecule has 2 N–H and O–H groups in total. The van der Waals surface area contributed by atoms with E-state index in [1.807, 2.05) is 45.0 Å². The number of fused-ring (bicyclic) bond motifs is 1. The molecule has 0 spiro atoms. The maximum absolute atomic E-state index is 12.3. The minimum atomic E-state index is -0.498. The molecule has 0 aliphatic carbocycles. The highest BCUT2D eigenvalue weighted by atomic mass is 35.5. The lowest BCUT2D eigenvalue weighted by molar-refractivity contribution is -0.134. The lowest BCUT2D eigenvalue weighted by Gasteiger charge is -2.29. The molecule has 0 aliphatic rings. The molecule has 1 atom stereocenters. The van der Waals surface area contributed by atoms with Gasteiger partial charge >= 0.3 is 0 Å². The van der Waals surface area contributed by atoms with Gasteiger partial charge in [-0.1, -0.05) is 32.9 Å². The Bertz CT molecular complexity index is 592. The highest BCUT2D eigenvalue weighted by molar-refractivity contribution is 7.18. The van der Waals surface area contributed by atoms with Gasteiger partial charge in [-0.15, -0.1) is 36.2 Å². The van der Waals surface area contributed by atoms with Crippen molar-refractivity contribution in [1.82, 2.24) is 9.88 Å². The second-order valence-corrected chi connectivity index (χ2v) is 7.23. The van der Waals surface area contributed by atoms with Crippen LogP contribution >= 0.6 is 36.2 Å². The van der Waals surface area contributed by atoms with Crippen molar-refractivity contribution in [3.05, 3.63) is 29.3 Å². The maximum Gasteiger partial charge on any atom is 0.240 e. The Kier molecular flexibility index (Phi) is 7.78. The fourth-order valence-electron chi connectivity index (χ4n) is 1.88. The third-order valence-electron chi connectivity index (χ3n) is 3.29. The number of carbonyl (C=O) groups is 1. The van der Waals surface area contributed by atoms with Crippen molar-refractivity contribution >= 4 is 52.3 Å². The fourth-order valence-corrected chi connectivity index (χ4v) is 2.90. The molecule has 7 heteroatoms. The number of nitrogens with two attached hydrogens (primary N) is 1. The minimum absolute atomic E-state index is 0. The van der Waals surface area contributed by atoms with E-state index in [1.165, 1.54) is 0 Å². The van der Waals surface area contributed by atoms with Gasteiger partial charge in [-0.3, -0.25) is 4.79 Å². The molecule has 0 fully saturated rings. The number of rotatable bonds is 3. The normalized spacial score (nSPS) is 12.2. The van der Waals surface area contributed by atoms with Gasteiger partial charge in [0.05, 0.1) is 22.8 Å². The summed E-state index contributed by atoms with van der Waals surface area (Å²) in [5.74, 6) is -0.0447. The molecule has 4 nitrogen and oxygen atoms in total. The van der Waals surface area contributed by atoms with Crippen LogP contribution < -0.4 is 5.73 Å². The lowest BCUT2D eigenvalue weighted by atomic mass is 9.86. The van der Waals surface area contributed by atoms with Crippen molar-refractivity contribution in [1.29, 1.82) is 0 Å². The number of amides is 1. The molecule has 0 saturated carbocycles. The third kappa shape index (κ3) is 4.81. The number of nitrogens with zero attached hydrogens (tertiary/aromatic N) is 2. The number of carbonyl (C=O) groups excluding carboxylic acids is 1. The number of likely N-dealkylation sites (N-methyl/N-ethyl adjacent to an activating group) is 1. The molecule has 1 aromatic heterocycles. The quantitative estimate of drug-likeness (QED) is 0.907. The number of halogens is 2. The molecular weight excluding hydrogens is 341 g/mol. The third-order valence-corrected chi connectivity index (χ3v) is 4.31. The molecule has 0 bridgehead atoms. The number of thiazole rings is 1. The molecule has 1 amide bonds. The Morgan fingerprint density at radius 2 is 1.91 bits per heavy atom. The summed E-state index contributed by atoms with van der Waals surface area (Å²) in [6.07, 6.45) is 0. The van der Waals surface area contributed by atoms with E-state index in [0.717, 1.165) is 15.2 Å². The van der Waals surface area contributed by atoms with E-state index >= 15 is 0 Å². The summed E-state index contributed by atoms with van der Waals surface area (Å²) in [6.45, 7) is 6.42. The van der Waals surface area contributed by atoms with Crippen LogP contribution in [0.15, 0.2) is 24.3 Å². The van der Waals surface area contributed by atoms with Crippen LogP contribution in [0.25, 0.3) is 10.2 Å². The number of hydrogen-bond acceptors (Lipinski definition) is 4. The topological polar surface area (TPSA) is 59.2 Å². The van der Waals surface area contributed by atoms with Crippen molar-refractivity contribution in [2.75, 3.05) is 7.05 Å². The van der Waals surface area contributed by atoms with Gasteiger partial charge in [-0.05, 0) is 17.5 Å². The zero-order chi connectivity index (χ0) is 14.9. The zero-order valence-corrected chi connectivity index (χ0v) is 15.6. The zero-order valence-electron chi connectivity index (χ0n) is 13.2. The highest BCUT2D eigenvalue weighted by Gasteiger charge is 2.29. The van der Waals surface area contributed by atoms with Crippen molar-refractivity contribution in [3.8, 4) is 0 Å². The fraction of sp³-hybridized carbons (Fsp3) is 0.467. The number of hydrogen-bond donors (Lipinski definition) is 1. The second-order valence-electron chi connectivity index (χ2n) is 6.11. The van der Waals surface area contributed by atoms with Gasteiger partial charge in [0.2, 0.25) is 5.91 Å². The molecule has 2 aromatic rings. The number of aromatic nitrogens is 1. The van der Waals surface area contributed by atoms with Crippen LogP contribution in [0.1, 0.15) is 25.8 Å². The van der Waals surface area contributed by atoms with Gasteiger partial charge in [0.25, 0.3) is 0 Å². The molecule has 2 rings (SSSR count). The summed E-state index contributed by atoms with van der Waals surface area (Å²) in [4.78, 5) is 18.5. The first kappa shape index (κ1) is 21.1. The van der Waals surface area contributed by atoms with Crippen LogP contribution in [0, 0.1) is 5.41 Å². The first-order chi connectivity index (χ1) is 9.29. The average Bonchev–Trinajstić information content (AvgIpc) is 2.77. The van der Waals surface area contributed by atoms with E-state index in [0.29, 0.717) is 6.54 Å². The molecular formula is C15H23Cl2N3OS. The van der Waals surface area contributed by atoms with Crippen molar-refractivity contribution < 1.29 is 4.79 Å². The number of benzene rings is 1. The maximum atomic E-state index is 12.3. The molecule has 124 valence electrons. The Labute approximate surface area is 147 Å². The largest absolute Gasteiger partial charge is 0.338 e. The average molecular weight is 364 g/mol. The molecule has 0 saturated heterocycles. The van der Waals surface area contributed by atoms with Crippen LogP contribution in [0.3, 0.4) is 0 Å². The Morgan fingerprint density at radius 1 is 1.32 bits per heavy atom. The summed E-state index contributed by atoms with van der Waals surface area (Å²) in [5, 5.41) is 0.933. The van der Waals surface area contributed by atoms with E-state index in [4.69, 9.17) is 5.73 Å². The standard InChI is InChI=1S/C15H21N3OS.2ClH/c1-15(2,3)13(16)14(19)18(4)9-12-17-10-7-5-6-8-11(10)20-12;;/h5-8,13H,9,16H2,1-4H3;2*1H/t13-;;/m1../s1. The first-order valence-corrected chi connectivity index (χ1v) is 7.45. The first-order valence-electron chi connectivity index (χ1n) is 6.64. The van der Waals surface area contributed by atoms with Gasteiger partial charge in [0.15, 0.2) is 0 Å². The molecule has 0 radical (unpaired) electrons. The summed E-state index contributed by atoms with van der Waals surface area (Å²) in [7, 11) is 1.78. The SMILES string of the molecule is CN(Cc1nc2ccccc2s1)C(=O)[C@@H](N)C(C)(C)C.Cl.Cl. The lowest BCUT2D eigenvalue weighted by Crippen LogP contribution is -2.48. The highest BCUT2D eigenvalue weighted by Crippen LogP contribution is 2.23. The van der Waals surface area contributed by atoms with Crippen molar-refractivity contribution in [3.63, 3.8) is 0 Å². The van der Waals surface area contributed by atoms with Gasteiger partial charge in [0, 0.05) is 7.05 Å². The summed E-state index contributed by atoms with van der Waals surface area (Å²) in [5.41, 5.74) is 6.76. The second kappa shape index (κ2) is 8.11. The monoisotopic (exact) mass is 363 g/mol. The molecule has 0 unspecified atom stereocenters. The minimum Gasteiger partial charge on any atom is -0.338 e. The molecule has 0 aliphatic heterocycles. The smallest absolute Gasteiger partial charge is 0.240 e. The van der Waals surface area contributed by atoms with E-state index in [9.17, 15) is 4.79 Å². The predicted molar refractivity (Wildman–Crippen MR) is 98.0 cm³/mol. The van der Waals surface area contributed by atoms with Gasteiger partial charge in [-0.25, -0.2) is 4.98 Å². The van der Waals surface area contributed by atoms with Crippen LogP contribution in [0.4, 0.5) is 0 Å². The van der Waals surface area contributed by atoms with Crippen LogP contribution in [-0.4, -0.2) is 28.9 Å². The Morgan fingerprint density at radius 3 is 2.45 bits per heavy atom. The summed E-state index contributed by atoms with van der Waals surface area (Å²) < 4.78 is 1.14. The molecule has 1 heterocycles. The molecule has 1 aromatic carbocycles. The Balaban J connectivity index is 0.00000220. The predicted octanol–water partition coefficient (Wildman–Crippen LogP) is 3.47. The van der Waals surface area contributed by atoms with Crippen LogP contribution in [0.2, 0.25) is 0 Å². The molecule has 22 heavy (non-hydrogen) atoms. The van der Waals surface area contributed by atoms with Gasteiger partial charge in [0.1, 0.15) is 5.01 Å². The van der Waals surface area contributed by atoms with Crippen molar-refractivity contribution in [2.45, 2.75) is 33.4 Å². The summed E-state index contributed by atoms with van der Waals surface area (Å²) >= 11 is 1.62. The van der Waals surface area contributed by atoms with E-state index < -0.39 is 6.04 Å². The van der Waals surface area contributed by atoms with Crippen LogP contribution in [-0.2, 0) is 11.3 Å². The van der Waals surface area contributed by atoms with Crippen LogP contribution in [0.5, 0.6) is 0 Å². The van der Waals surface area contributed by atoms with E-state index in [2.05, 4.69) is 4.98 Å². The van der Waals surface area contributed by atoms with E-state index in [-0.39, 0.29) is 36.1 Å². The summed E-state index contributed by atoms with van der Waals surface area (Å²) in [6, 6.07) is 7.49. The number of para-hydroxylation sites is 1. The van der Waals surface area contributed by atoms with Crippen molar-refractivity contribution in [2.24, 2.45) is 11.1 Å². The van der Waals surface area contributed by atoms with E-state index in [1.54, 1.807) is 23.3 Å². The van der Waals surface area contributed by atoms with Gasteiger partial charge < -0.3 is 10.6 Å².